The van der Waals surface area contributed by atoms with Gasteiger partial charge in [-0.1, -0.05) is 0 Å². The van der Waals surface area contributed by atoms with Gasteiger partial charge in [0.2, 0.25) is 5.28 Å². The predicted molar refractivity (Wildman–Crippen MR) is 82.7 cm³/mol. The van der Waals surface area contributed by atoms with Crippen molar-refractivity contribution in [1.29, 1.82) is 0 Å². The lowest BCUT2D eigenvalue weighted by Crippen LogP contribution is -2.44. The highest BCUT2D eigenvalue weighted by Gasteiger charge is 2.22. The molecule has 6 nitrogen and oxygen atoms in total. The number of hydrogen-bond donors (Lipinski definition) is 0. The summed E-state index contributed by atoms with van der Waals surface area (Å²) >= 11 is 5.99. The molecule has 1 saturated heterocycles. The molecule has 0 aromatic carbocycles. The van der Waals surface area contributed by atoms with Gasteiger partial charge in [0.1, 0.15) is 15.7 Å². The van der Waals surface area contributed by atoms with Gasteiger partial charge in [-0.3, -0.25) is 0 Å². The van der Waals surface area contributed by atoms with Gasteiger partial charge in [-0.15, -0.1) is 0 Å². The Labute approximate surface area is 130 Å². The van der Waals surface area contributed by atoms with Crippen LogP contribution in [0.4, 0.5) is 5.82 Å². The van der Waals surface area contributed by atoms with Gasteiger partial charge in [0.25, 0.3) is 0 Å². The minimum atomic E-state index is -3.10. The summed E-state index contributed by atoms with van der Waals surface area (Å²) in [5, 5.41) is -0.361. The van der Waals surface area contributed by atoms with E-state index in [1.807, 2.05) is 13.0 Å². The molecule has 0 radical (unpaired) electrons. The molecule has 0 N–H and O–H groups in total. The van der Waals surface area contributed by atoms with Crippen LogP contribution in [-0.2, 0) is 21.0 Å². The van der Waals surface area contributed by atoms with Crippen molar-refractivity contribution in [2.75, 3.05) is 30.9 Å². The Morgan fingerprint density at radius 2 is 2.24 bits per heavy atom. The Balaban J connectivity index is 2.24. The van der Waals surface area contributed by atoms with Gasteiger partial charge >= 0.3 is 0 Å². The molecule has 1 unspecified atom stereocenters. The van der Waals surface area contributed by atoms with Crippen molar-refractivity contribution < 1.29 is 13.2 Å². The third-order valence-electron chi connectivity index (χ3n) is 3.63. The van der Waals surface area contributed by atoms with Gasteiger partial charge < -0.3 is 9.64 Å². The Bertz CT molecular complexity index is 609. The third kappa shape index (κ3) is 4.28. The molecular weight excluding hydrogens is 314 g/mol. The van der Waals surface area contributed by atoms with Gasteiger partial charge in [-0.05, 0) is 25.4 Å². The molecule has 2 heterocycles. The van der Waals surface area contributed by atoms with Crippen LogP contribution in [0.2, 0.25) is 5.28 Å². The van der Waals surface area contributed by atoms with Gasteiger partial charge in [-0.25, -0.2) is 18.4 Å². The number of halogens is 1. The zero-order chi connectivity index (χ0) is 15.6. The van der Waals surface area contributed by atoms with E-state index in [0.29, 0.717) is 25.3 Å². The van der Waals surface area contributed by atoms with Crippen molar-refractivity contribution in [3.8, 4) is 0 Å². The van der Waals surface area contributed by atoms with Crippen molar-refractivity contribution in [2.45, 2.75) is 31.6 Å². The fourth-order valence-corrected chi connectivity index (χ4v) is 2.89. The topological polar surface area (TPSA) is 72.4 Å². The number of hydrogen-bond acceptors (Lipinski definition) is 6. The van der Waals surface area contributed by atoms with Crippen molar-refractivity contribution in [3.05, 3.63) is 17.0 Å². The zero-order valence-corrected chi connectivity index (χ0v) is 14.0. The molecule has 0 aliphatic carbocycles. The summed E-state index contributed by atoms with van der Waals surface area (Å²) < 4.78 is 28.5. The lowest BCUT2D eigenvalue weighted by Gasteiger charge is -2.34. The van der Waals surface area contributed by atoms with Crippen molar-refractivity contribution in [1.82, 2.24) is 9.97 Å². The Hall–Kier alpha value is -0.920. The first-order valence-corrected chi connectivity index (χ1v) is 9.17. The lowest BCUT2D eigenvalue weighted by atomic mass is 10.2. The molecule has 0 saturated carbocycles. The molecule has 8 heteroatoms. The van der Waals surface area contributed by atoms with Crippen LogP contribution < -0.4 is 4.90 Å². The van der Waals surface area contributed by atoms with E-state index in [0.717, 1.165) is 12.4 Å². The van der Waals surface area contributed by atoms with Gasteiger partial charge in [0.15, 0.2) is 0 Å². The van der Waals surface area contributed by atoms with Gasteiger partial charge in [0, 0.05) is 31.0 Å². The van der Waals surface area contributed by atoms with E-state index < -0.39 is 15.1 Å². The Morgan fingerprint density at radius 3 is 2.86 bits per heavy atom. The molecule has 1 aliphatic heterocycles. The number of anilines is 1. The first-order chi connectivity index (χ1) is 9.77. The number of nitrogens with zero attached hydrogens (tertiary/aromatic N) is 3. The average Bonchev–Trinajstić information content (AvgIpc) is 2.37. The minimum Gasteiger partial charge on any atom is -0.377 e. The second-order valence-electron chi connectivity index (χ2n) is 5.45. The van der Waals surface area contributed by atoms with E-state index >= 15 is 0 Å². The minimum absolute atomic E-state index is 0.141. The molecule has 1 fully saturated rings. The smallest absolute Gasteiger partial charge is 0.224 e. The second kappa shape index (κ2) is 6.46. The number of rotatable bonds is 4. The molecule has 1 aliphatic rings. The van der Waals surface area contributed by atoms with Crippen molar-refractivity contribution in [3.63, 3.8) is 0 Å². The monoisotopic (exact) mass is 333 g/mol. The van der Waals surface area contributed by atoms with Gasteiger partial charge in [-0.2, -0.15) is 0 Å². The predicted octanol–water partition coefficient (Wildman–Crippen LogP) is 1.33. The fraction of sp³-hybridized carbons (Fsp3) is 0.692. The molecule has 1 aromatic rings. The molecule has 2 rings (SSSR count). The van der Waals surface area contributed by atoms with E-state index in [1.165, 1.54) is 6.26 Å². The molecule has 2 atom stereocenters. The molecular formula is C13H20ClN3O3S. The summed E-state index contributed by atoms with van der Waals surface area (Å²) in [5.74, 6) is 0.724. The first kappa shape index (κ1) is 16.5. The van der Waals surface area contributed by atoms with Crippen LogP contribution in [0.3, 0.4) is 0 Å². The molecule has 0 amide bonds. The lowest BCUT2D eigenvalue weighted by molar-refractivity contribution is 0.0985. The van der Waals surface area contributed by atoms with Crippen molar-refractivity contribution >= 4 is 27.3 Å². The molecule has 21 heavy (non-hydrogen) atoms. The third-order valence-corrected chi connectivity index (χ3v) is 5.43. The number of aromatic nitrogens is 2. The second-order valence-corrected chi connectivity index (χ2v) is 8.25. The van der Waals surface area contributed by atoms with E-state index in [2.05, 4.69) is 14.9 Å². The van der Waals surface area contributed by atoms with Crippen LogP contribution >= 0.6 is 11.6 Å². The summed E-state index contributed by atoms with van der Waals surface area (Å²) in [4.78, 5) is 10.5. The Kier molecular flexibility index (Phi) is 5.06. The number of morpholine rings is 1. The summed E-state index contributed by atoms with van der Waals surface area (Å²) in [7, 11) is -3.10. The largest absolute Gasteiger partial charge is 0.377 e. The molecule has 0 bridgehead atoms. The molecule has 1 aromatic heterocycles. The quantitative estimate of drug-likeness (QED) is 0.774. The highest BCUT2D eigenvalue weighted by molar-refractivity contribution is 7.91. The Morgan fingerprint density at radius 1 is 1.52 bits per heavy atom. The van der Waals surface area contributed by atoms with Crippen molar-refractivity contribution in [2.24, 2.45) is 0 Å². The van der Waals surface area contributed by atoms with Crippen LogP contribution in [0.1, 0.15) is 19.5 Å². The van der Waals surface area contributed by atoms with Crippen LogP contribution in [0.25, 0.3) is 0 Å². The van der Waals surface area contributed by atoms with Crippen LogP contribution in [0.15, 0.2) is 6.07 Å². The fourth-order valence-electron chi connectivity index (χ4n) is 2.22. The van der Waals surface area contributed by atoms with Gasteiger partial charge in [0.05, 0.1) is 24.5 Å². The highest BCUT2D eigenvalue weighted by atomic mass is 35.5. The van der Waals surface area contributed by atoms with Crippen LogP contribution in [-0.4, -0.2) is 55.7 Å². The van der Waals surface area contributed by atoms with E-state index in [9.17, 15) is 8.42 Å². The molecule has 118 valence electrons. The summed E-state index contributed by atoms with van der Waals surface area (Å²) in [5.41, 5.74) is 0.640. The summed E-state index contributed by atoms with van der Waals surface area (Å²) in [6.45, 7) is 5.73. The van der Waals surface area contributed by atoms with E-state index in [4.69, 9.17) is 16.3 Å². The summed E-state index contributed by atoms with van der Waals surface area (Å²) in [6.07, 6.45) is 1.55. The highest BCUT2D eigenvalue weighted by Crippen LogP contribution is 2.21. The maximum Gasteiger partial charge on any atom is 0.224 e. The maximum absolute atomic E-state index is 11.6. The maximum atomic E-state index is 11.6. The summed E-state index contributed by atoms with van der Waals surface area (Å²) in [6, 6.07) is 2.01. The van der Waals surface area contributed by atoms with Crippen LogP contribution in [0.5, 0.6) is 0 Å². The normalized spacial score (nSPS) is 21.3. The first-order valence-electron chi connectivity index (χ1n) is 6.84. The van der Waals surface area contributed by atoms with Crippen LogP contribution in [0, 0.1) is 0 Å². The van der Waals surface area contributed by atoms with E-state index in [-0.39, 0.29) is 11.3 Å². The molecule has 0 spiro atoms. The SMILES string of the molecule is CC(Cc1cc(N2CCOC[C@@H]2C)nc(Cl)n1)S(C)(=O)=O. The average molecular weight is 334 g/mol. The zero-order valence-electron chi connectivity index (χ0n) is 12.4. The van der Waals surface area contributed by atoms with E-state index in [1.54, 1.807) is 6.92 Å². The number of sulfone groups is 1. The number of ether oxygens (including phenoxy) is 1. The standard InChI is InChI=1S/C13H20ClN3O3S/c1-9-8-20-5-4-17(9)12-7-11(15-13(14)16-12)6-10(2)21(3,18)19/h7,9-10H,4-6,8H2,1-3H3/t9-,10?/m0/s1.